The monoisotopic (exact) mass is 259 g/mol. The molecule has 0 radical (unpaired) electrons. The van der Waals surface area contributed by atoms with Gasteiger partial charge in [-0.05, 0) is 37.0 Å². The molecule has 18 heavy (non-hydrogen) atoms. The Morgan fingerprint density at radius 3 is 2.89 bits per heavy atom. The van der Waals surface area contributed by atoms with E-state index in [1.165, 1.54) is 12.0 Å². The third kappa shape index (κ3) is 2.06. The largest absolute Gasteiger partial charge is 0.275 e. The van der Waals surface area contributed by atoms with Gasteiger partial charge in [0.2, 0.25) is 0 Å². The summed E-state index contributed by atoms with van der Waals surface area (Å²) in [5.41, 5.74) is 4.55. The van der Waals surface area contributed by atoms with Crippen molar-refractivity contribution in [3.63, 3.8) is 0 Å². The van der Waals surface area contributed by atoms with E-state index in [-0.39, 0.29) is 0 Å². The lowest BCUT2D eigenvalue weighted by atomic mass is 10.00. The summed E-state index contributed by atoms with van der Waals surface area (Å²) < 4.78 is 1.80. The molecule has 2 aromatic rings. The van der Waals surface area contributed by atoms with Gasteiger partial charge in [-0.15, -0.1) is 0 Å². The van der Waals surface area contributed by atoms with Crippen LogP contribution in [-0.2, 0) is 7.05 Å². The number of rotatable bonds is 2. The van der Waals surface area contributed by atoms with Crippen LogP contribution in [0.1, 0.15) is 24.8 Å². The predicted octanol–water partition coefficient (Wildman–Crippen LogP) is 3.70. The van der Waals surface area contributed by atoms with E-state index >= 15 is 0 Å². The van der Waals surface area contributed by atoms with Gasteiger partial charge in [0.05, 0.1) is 5.69 Å². The Morgan fingerprint density at radius 1 is 1.33 bits per heavy atom. The standard InChI is InChI=1S/C14H14ClN3/c1-18-7-6-13(17-18)11-8-14(15)16-9-12(11)10-4-2-3-5-10/h4,6-9H,2-3,5H2,1H3. The summed E-state index contributed by atoms with van der Waals surface area (Å²) in [6.07, 6.45) is 9.58. The van der Waals surface area contributed by atoms with Crippen LogP contribution in [0.15, 0.2) is 30.6 Å². The average molecular weight is 260 g/mol. The zero-order valence-corrected chi connectivity index (χ0v) is 11.0. The van der Waals surface area contributed by atoms with Crippen molar-refractivity contribution in [2.24, 2.45) is 7.05 Å². The normalized spacial score (nSPS) is 14.9. The highest BCUT2D eigenvalue weighted by Crippen LogP contribution is 2.34. The molecule has 0 saturated heterocycles. The molecule has 92 valence electrons. The molecular formula is C14H14ClN3. The van der Waals surface area contributed by atoms with Gasteiger partial charge < -0.3 is 0 Å². The van der Waals surface area contributed by atoms with Crippen molar-refractivity contribution in [1.29, 1.82) is 0 Å². The molecule has 0 saturated carbocycles. The minimum atomic E-state index is 0.512. The first-order valence-corrected chi connectivity index (χ1v) is 6.47. The molecule has 0 amide bonds. The first-order valence-electron chi connectivity index (χ1n) is 6.09. The van der Waals surface area contributed by atoms with E-state index in [1.807, 2.05) is 31.6 Å². The maximum atomic E-state index is 6.02. The highest BCUT2D eigenvalue weighted by atomic mass is 35.5. The first-order chi connectivity index (χ1) is 8.74. The van der Waals surface area contributed by atoms with E-state index in [9.17, 15) is 0 Å². The smallest absolute Gasteiger partial charge is 0.129 e. The summed E-state index contributed by atoms with van der Waals surface area (Å²) in [5.74, 6) is 0. The zero-order valence-electron chi connectivity index (χ0n) is 10.2. The minimum Gasteiger partial charge on any atom is -0.275 e. The van der Waals surface area contributed by atoms with Crippen LogP contribution in [0.3, 0.4) is 0 Å². The molecule has 1 aliphatic rings. The molecule has 2 heterocycles. The van der Waals surface area contributed by atoms with Crippen LogP contribution in [0.2, 0.25) is 5.15 Å². The highest BCUT2D eigenvalue weighted by molar-refractivity contribution is 6.29. The summed E-state index contributed by atoms with van der Waals surface area (Å²) in [7, 11) is 1.92. The number of allylic oxidation sites excluding steroid dienone is 2. The van der Waals surface area contributed by atoms with Gasteiger partial charge in [0, 0.05) is 30.6 Å². The lowest BCUT2D eigenvalue weighted by molar-refractivity contribution is 0.771. The first kappa shape index (κ1) is 11.5. The molecule has 0 aromatic carbocycles. The molecule has 1 aliphatic carbocycles. The van der Waals surface area contributed by atoms with Gasteiger partial charge >= 0.3 is 0 Å². The number of aromatic nitrogens is 3. The molecule has 4 heteroatoms. The lowest BCUT2D eigenvalue weighted by Gasteiger charge is -2.08. The molecule has 2 aromatic heterocycles. The maximum Gasteiger partial charge on any atom is 0.129 e. The molecule has 0 atom stereocenters. The van der Waals surface area contributed by atoms with Gasteiger partial charge in [0.15, 0.2) is 0 Å². The van der Waals surface area contributed by atoms with Crippen molar-refractivity contribution in [3.05, 3.63) is 41.3 Å². The Morgan fingerprint density at radius 2 is 2.22 bits per heavy atom. The van der Waals surface area contributed by atoms with Gasteiger partial charge in [-0.25, -0.2) is 4.98 Å². The summed E-state index contributed by atoms with van der Waals surface area (Å²) in [4.78, 5) is 4.21. The molecule has 0 bridgehead atoms. The average Bonchev–Trinajstić information content (AvgIpc) is 2.99. The number of nitrogens with zero attached hydrogens (tertiary/aromatic N) is 3. The quantitative estimate of drug-likeness (QED) is 0.770. The lowest BCUT2D eigenvalue weighted by Crippen LogP contribution is -1.93. The van der Waals surface area contributed by atoms with Crippen molar-refractivity contribution in [2.45, 2.75) is 19.3 Å². The second kappa shape index (κ2) is 4.58. The molecular weight excluding hydrogens is 246 g/mol. The van der Waals surface area contributed by atoms with Crippen LogP contribution in [0.25, 0.3) is 16.8 Å². The van der Waals surface area contributed by atoms with Crippen molar-refractivity contribution in [3.8, 4) is 11.3 Å². The van der Waals surface area contributed by atoms with Crippen LogP contribution in [0.5, 0.6) is 0 Å². The summed E-state index contributed by atoms with van der Waals surface area (Å²) >= 11 is 6.02. The third-order valence-electron chi connectivity index (χ3n) is 3.25. The number of aryl methyl sites for hydroxylation is 1. The van der Waals surface area contributed by atoms with Crippen molar-refractivity contribution in [2.75, 3.05) is 0 Å². The van der Waals surface area contributed by atoms with Gasteiger partial charge in [-0.2, -0.15) is 5.10 Å². The summed E-state index contributed by atoms with van der Waals surface area (Å²) in [6, 6.07) is 3.91. The predicted molar refractivity (Wildman–Crippen MR) is 73.3 cm³/mol. The Balaban J connectivity index is 2.14. The van der Waals surface area contributed by atoms with Crippen LogP contribution in [0.4, 0.5) is 0 Å². The highest BCUT2D eigenvalue weighted by Gasteiger charge is 2.15. The molecule has 0 N–H and O–H groups in total. The third-order valence-corrected chi connectivity index (χ3v) is 3.45. The Labute approximate surface area is 111 Å². The molecule has 3 nitrogen and oxygen atoms in total. The second-order valence-corrected chi connectivity index (χ2v) is 4.94. The number of halogens is 1. The Hall–Kier alpha value is -1.61. The van der Waals surface area contributed by atoms with Crippen molar-refractivity contribution in [1.82, 2.24) is 14.8 Å². The minimum absolute atomic E-state index is 0.512. The zero-order chi connectivity index (χ0) is 12.5. The van der Waals surface area contributed by atoms with Crippen LogP contribution >= 0.6 is 11.6 Å². The van der Waals surface area contributed by atoms with E-state index in [0.29, 0.717) is 5.15 Å². The van der Waals surface area contributed by atoms with E-state index in [0.717, 1.165) is 29.7 Å². The number of hydrogen-bond donors (Lipinski definition) is 0. The van der Waals surface area contributed by atoms with Crippen molar-refractivity contribution >= 4 is 17.2 Å². The maximum absolute atomic E-state index is 6.02. The van der Waals surface area contributed by atoms with Gasteiger partial charge in [-0.3, -0.25) is 4.68 Å². The fourth-order valence-corrected chi connectivity index (χ4v) is 2.53. The van der Waals surface area contributed by atoms with Crippen LogP contribution in [-0.4, -0.2) is 14.8 Å². The van der Waals surface area contributed by atoms with Crippen LogP contribution < -0.4 is 0 Å². The van der Waals surface area contributed by atoms with E-state index in [4.69, 9.17) is 11.6 Å². The second-order valence-electron chi connectivity index (χ2n) is 4.55. The Bertz CT molecular complexity index is 613. The summed E-state index contributed by atoms with van der Waals surface area (Å²) in [6.45, 7) is 0. The molecule has 0 unspecified atom stereocenters. The van der Waals surface area contributed by atoms with Gasteiger partial charge in [-0.1, -0.05) is 17.7 Å². The summed E-state index contributed by atoms with van der Waals surface area (Å²) in [5, 5.41) is 4.97. The van der Waals surface area contributed by atoms with Crippen LogP contribution in [0, 0.1) is 0 Å². The fourth-order valence-electron chi connectivity index (χ4n) is 2.37. The van der Waals surface area contributed by atoms with Crippen molar-refractivity contribution < 1.29 is 0 Å². The van der Waals surface area contributed by atoms with E-state index < -0.39 is 0 Å². The molecule has 0 spiro atoms. The SMILES string of the molecule is Cn1ccc(-c2cc(Cl)ncc2C2=CCCC2)n1. The van der Waals surface area contributed by atoms with Gasteiger partial charge in [0.25, 0.3) is 0 Å². The molecule has 0 fully saturated rings. The van der Waals surface area contributed by atoms with E-state index in [1.54, 1.807) is 4.68 Å². The Kier molecular flexibility index (Phi) is 2.92. The van der Waals surface area contributed by atoms with E-state index in [2.05, 4.69) is 16.2 Å². The topological polar surface area (TPSA) is 30.7 Å². The number of pyridine rings is 1. The van der Waals surface area contributed by atoms with Gasteiger partial charge in [0.1, 0.15) is 5.15 Å². The number of hydrogen-bond acceptors (Lipinski definition) is 2. The fraction of sp³-hybridized carbons (Fsp3) is 0.286. The molecule has 3 rings (SSSR count). The molecule has 0 aliphatic heterocycles.